The maximum Gasteiger partial charge on any atom is 0.252 e. The summed E-state index contributed by atoms with van der Waals surface area (Å²) < 4.78 is 32.2. The Morgan fingerprint density at radius 2 is 2.10 bits per heavy atom. The van der Waals surface area contributed by atoms with Gasteiger partial charge in [0, 0.05) is 24.6 Å². The third-order valence-electron chi connectivity index (χ3n) is 2.91. The maximum atomic E-state index is 12.6. The van der Waals surface area contributed by atoms with Crippen LogP contribution in [0.15, 0.2) is 16.3 Å². The van der Waals surface area contributed by atoms with Gasteiger partial charge in [-0.25, -0.2) is 8.42 Å². The van der Waals surface area contributed by atoms with Crippen LogP contribution in [0.2, 0.25) is 0 Å². The summed E-state index contributed by atoms with van der Waals surface area (Å²) >= 11 is 1.35. The average molecular weight is 320 g/mol. The molecule has 0 spiro atoms. The van der Waals surface area contributed by atoms with Crippen molar-refractivity contribution in [3.63, 3.8) is 0 Å². The van der Waals surface area contributed by atoms with E-state index in [0.717, 1.165) is 17.8 Å². The van der Waals surface area contributed by atoms with Gasteiger partial charge in [0.1, 0.15) is 4.21 Å². The SMILES string of the molecule is CNCCc1ccc(S(=O)(=O)N(CCOC)C(C)C)s1. The summed E-state index contributed by atoms with van der Waals surface area (Å²) in [7, 11) is 0.0356. The molecule has 0 fully saturated rings. The number of thiophene rings is 1. The normalized spacial score (nSPS) is 12.5. The Morgan fingerprint density at radius 1 is 1.40 bits per heavy atom. The first-order valence-electron chi connectivity index (χ1n) is 6.67. The predicted molar refractivity (Wildman–Crippen MR) is 82.9 cm³/mol. The highest BCUT2D eigenvalue weighted by Crippen LogP contribution is 2.26. The van der Waals surface area contributed by atoms with Crippen molar-refractivity contribution in [2.24, 2.45) is 0 Å². The summed E-state index contributed by atoms with van der Waals surface area (Å²) in [6.45, 7) is 5.37. The third-order valence-corrected chi connectivity index (χ3v) is 6.60. The van der Waals surface area contributed by atoms with Crippen LogP contribution in [0.25, 0.3) is 0 Å². The molecule has 0 radical (unpaired) electrons. The van der Waals surface area contributed by atoms with Gasteiger partial charge in [-0.1, -0.05) is 0 Å². The number of nitrogens with zero attached hydrogens (tertiary/aromatic N) is 1. The molecular weight excluding hydrogens is 296 g/mol. The summed E-state index contributed by atoms with van der Waals surface area (Å²) in [6.07, 6.45) is 0.844. The molecular formula is C13H24N2O3S2. The Balaban J connectivity index is 2.91. The monoisotopic (exact) mass is 320 g/mol. The highest BCUT2D eigenvalue weighted by Gasteiger charge is 2.28. The Hall–Kier alpha value is -0.470. The lowest BCUT2D eigenvalue weighted by Crippen LogP contribution is -2.38. The Bertz CT molecular complexity index is 497. The van der Waals surface area contributed by atoms with E-state index in [1.807, 2.05) is 27.0 Å². The fourth-order valence-corrected chi connectivity index (χ4v) is 4.94. The maximum absolute atomic E-state index is 12.6. The lowest BCUT2D eigenvalue weighted by Gasteiger charge is -2.24. The van der Waals surface area contributed by atoms with E-state index in [1.54, 1.807) is 13.2 Å². The van der Waals surface area contributed by atoms with E-state index in [4.69, 9.17) is 4.74 Å². The number of nitrogens with one attached hydrogen (secondary N) is 1. The zero-order chi connectivity index (χ0) is 15.2. The lowest BCUT2D eigenvalue weighted by molar-refractivity contribution is 0.171. The lowest BCUT2D eigenvalue weighted by atomic mass is 10.3. The smallest absolute Gasteiger partial charge is 0.252 e. The minimum Gasteiger partial charge on any atom is -0.383 e. The minimum absolute atomic E-state index is 0.0852. The molecule has 1 aromatic heterocycles. The topological polar surface area (TPSA) is 58.6 Å². The summed E-state index contributed by atoms with van der Waals surface area (Å²) in [5, 5.41) is 3.06. The first-order valence-corrected chi connectivity index (χ1v) is 8.93. The van der Waals surface area contributed by atoms with Crippen LogP contribution in [-0.4, -0.2) is 52.6 Å². The molecule has 0 aromatic carbocycles. The van der Waals surface area contributed by atoms with Crippen LogP contribution in [-0.2, 0) is 21.2 Å². The first kappa shape index (κ1) is 17.6. The standard InChI is InChI=1S/C13H24N2O3S2/c1-11(2)15(9-10-18-4)20(16,17)13-6-5-12(19-13)7-8-14-3/h5-6,11,14H,7-10H2,1-4H3. The van der Waals surface area contributed by atoms with Crippen LogP contribution >= 0.6 is 11.3 Å². The number of likely N-dealkylation sites (N-methyl/N-ethyl adjacent to an activating group) is 1. The molecule has 0 saturated heterocycles. The molecule has 1 heterocycles. The van der Waals surface area contributed by atoms with Crippen molar-refractivity contribution in [3.8, 4) is 0 Å². The number of hydrogen-bond acceptors (Lipinski definition) is 5. The van der Waals surface area contributed by atoms with E-state index in [-0.39, 0.29) is 6.04 Å². The van der Waals surface area contributed by atoms with E-state index in [2.05, 4.69) is 5.32 Å². The molecule has 0 amide bonds. The highest BCUT2D eigenvalue weighted by atomic mass is 32.2. The zero-order valence-corrected chi connectivity index (χ0v) is 14.2. The molecule has 7 heteroatoms. The van der Waals surface area contributed by atoms with Crippen molar-refractivity contribution in [1.82, 2.24) is 9.62 Å². The number of ether oxygens (including phenoxy) is 1. The number of hydrogen-bond donors (Lipinski definition) is 1. The molecule has 0 bridgehead atoms. The highest BCUT2D eigenvalue weighted by molar-refractivity contribution is 7.91. The second kappa shape index (κ2) is 8.09. The van der Waals surface area contributed by atoms with Crippen molar-refractivity contribution in [1.29, 1.82) is 0 Å². The molecule has 20 heavy (non-hydrogen) atoms. The van der Waals surface area contributed by atoms with E-state index in [0.29, 0.717) is 17.4 Å². The van der Waals surface area contributed by atoms with Crippen LogP contribution in [0.5, 0.6) is 0 Å². The van der Waals surface area contributed by atoms with Crippen LogP contribution < -0.4 is 5.32 Å². The Kier molecular flexibility index (Phi) is 7.11. The van der Waals surface area contributed by atoms with Gasteiger partial charge in [0.15, 0.2) is 0 Å². The van der Waals surface area contributed by atoms with Crippen LogP contribution in [0.1, 0.15) is 18.7 Å². The van der Waals surface area contributed by atoms with Crippen LogP contribution in [0, 0.1) is 0 Å². The third kappa shape index (κ3) is 4.53. The van der Waals surface area contributed by atoms with E-state index >= 15 is 0 Å². The van der Waals surface area contributed by atoms with Gasteiger partial charge in [0.05, 0.1) is 6.61 Å². The van der Waals surface area contributed by atoms with Gasteiger partial charge in [0.25, 0.3) is 10.0 Å². The van der Waals surface area contributed by atoms with E-state index in [9.17, 15) is 8.42 Å². The Morgan fingerprint density at radius 3 is 2.65 bits per heavy atom. The Labute approximate surface area is 126 Å². The molecule has 0 atom stereocenters. The fourth-order valence-electron chi connectivity index (χ4n) is 1.83. The van der Waals surface area contributed by atoms with Crippen molar-refractivity contribution in [3.05, 3.63) is 17.0 Å². The molecule has 116 valence electrons. The molecule has 1 aromatic rings. The van der Waals surface area contributed by atoms with Gasteiger partial charge in [-0.3, -0.25) is 0 Å². The van der Waals surface area contributed by atoms with Crippen molar-refractivity contribution in [2.45, 2.75) is 30.5 Å². The molecule has 0 aliphatic rings. The number of sulfonamides is 1. The van der Waals surface area contributed by atoms with Crippen LogP contribution in [0.3, 0.4) is 0 Å². The molecule has 1 rings (SSSR count). The van der Waals surface area contributed by atoms with Crippen molar-refractivity contribution in [2.75, 3.05) is 33.9 Å². The van der Waals surface area contributed by atoms with Gasteiger partial charge in [-0.2, -0.15) is 4.31 Å². The second-order valence-corrected chi connectivity index (χ2v) is 8.06. The van der Waals surface area contributed by atoms with E-state index < -0.39 is 10.0 Å². The first-order chi connectivity index (χ1) is 9.43. The van der Waals surface area contributed by atoms with Gasteiger partial charge in [0.2, 0.25) is 0 Å². The van der Waals surface area contributed by atoms with Crippen molar-refractivity contribution >= 4 is 21.4 Å². The molecule has 0 unspecified atom stereocenters. The number of rotatable bonds is 9. The van der Waals surface area contributed by atoms with Gasteiger partial charge < -0.3 is 10.1 Å². The summed E-state index contributed by atoms with van der Waals surface area (Å²) in [4.78, 5) is 1.08. The molecule has 0 saturated carbocycles. The molecule has 0 aliphatic carbocycles. The van der Waals surface area contributed by atoms with E-state index in [1.165, 1.54) is 15.6 Å². The summed E-state index contributed by atoms with van der Waals surface area (Å²) in [5.74, 6) is 0. The largest absolute Gasteiger partial charge is 0.383 e. The minimum atomic E-state index is -3.43. The zero-order valence-electron chi connectivity index (χ0n) is 12.5. The molecule has 1 N–H and O–H groups in total. The fraction of sp³-hybridized carbons (Fsp3) is 0.692. The predicted octanol–water partition coefficient (Wildman–Crippen LogP) is 1.56. The van der Waals surface area contributed by atoms with Crippen molar-refractivity contribution < 1.29 is 13.2 Å². The quantitative estimate of drug-likeness (QED) is 0.750. The van der Waals surface area contributed by atoms with Crippen LogP contribution in [0.4, 0.5) is 0 Å². The summed E-state index contributed by atoms with van der Waals surface area (Å²) in [5.41, 5.74) is 0. The van der Waals surface area contributed by atoms with Gasteiger partial charge >= 0.3 is 0 Å². The molecule has 0 aliphatic heterocycles. The summed E-state index contributed by atoms with van der Waals surface area (Å²) in [6, 6.07) is 3.51. The van der Waals surface area contributed by atoms with Gasteiger partial charge in [-0.05, 0) is 46.0 Å². The average Bonchev–Trinajstić information content (AvgIpc) is 2.85. The van der Waals surface area contributed by atoms with Gasteiger partial charge in [-0.15, -0.1) is 11.3 Å². The second-order valence-electron chi connectivity index (χ2n) is 4.78. The molecule has 5 nitrogen and oxygen atoms in total. The number of methoxy groups -OCH3 is 1.